The number of hydrogen-bond donors (Lipinski definition) is 1. The number of amides is 2. The number of fused-ring (bicyclic) bond motifs is 1. The van der Waals surface area contributed by atoms with E-state index >= 15 is 0 Å². The second-order valence-electron chi connectivity index (χ2n) is 6.73. The molecule has 2 aromatic rings. The van der Waals surface area contributed by atoms with Gasteiger partial charge < -0.3 is 9.64 Å². The second-order valence-corrected chi connectivity index (χ2v) is 6.73. The third kappa shape index (κ3) is 3.40. The van der Waals surface area contributed by atoms with Gasteiger partial charge in [-0.2, -0.15) is 0 Å². The fraction of sp³-hybridized carbons (Fsp3) is 0.263. The normalized spacial score (nSPS) is 13.1. The lowest BCUT2D eigenvalue weighted by Gasteiger charge is -2.33. The Labute approximate surface area is 141 Å². The maximum atomic E-state index is 12.1. The van der Waals surface area contributed by atoms with E-state index in [0.29, 0.717) is 12.2 Å². The molecule has 0 atom stereocenters. The number of nitrogens with one attached hydrogen (secondary N) is 1. The molecule has 2 amide bonds. The molecular weight excluding hydrogens is 304 g/mol. The summed E-state index contributed by atoms with van der Waals surface area (Å²) in [5.41, 5.74) is 2.84. The van der Waals surface area contributed by atoms with E-state index in [1.807, 2.05) is 57.2 Å². The van der Waals surface area contributed by atoms with Crippen LogP contribution in [-0.4, -0.2) is 17.6 Å². The van der Waals surface area contributed by atoms with E-state index in [1.165, 1.54) is 0 Å². The van der Waals surface area contributed by atoms with E-state index in [0.717, 1.165) is 16.8 Å². The van der Waals surface area contributed by atoms with Crippen LogP contribution >= 0.6 is 0 Å². The standard InChI is InChI=1S/C19H20N2O3/c1-19(2,3)24-18(23)20-14-10-8-13(9-11-14)12-21-16-7-5-4-6-15(16)17(21)22/h4-11H,12H2,1-3H3,(H,20,23). The zero-order valence-corrected chi connectivity index (χ0v) is 14.0. The van der Waals surface area contributed by atoms with Gasteiger partial charge in [0, 0.05) is 5.69 Å². The molecule has 124 valence electrons. The fourth-order valence-corrected chi connectivity index (χ4v) is 2.55. The largest absolute Gasteiger partial charge is 0.444 e. The highest BCUT2D eigenvalue weighted by Gasteiger charge is 2.31. The molecule has 0 radical (unpaired) electrons. The van der Waals surface area contributed by atoms with Gasteiger partial charge in [0.2, 0.25) is 0 Å². The number of anilines is 2. The second kappa shape index (κ2) is 6.00. The Hall–Kier alpha value is -2.82. The Morgan fingerprint density at radius 1 is 1.08 bits per heavy atom. The van der Waals surface area contributed by atoms with Crippen molar-refractivity contribution in [2.24, 2.45) is 0 Å². The zero-order valence-electron chi connectivity index (χ0n) is 14.0. The summed E-state index contributed by atoms with van der Waals surface area (Å²) in [4.78, 5) is 25.5. The molecule has 24 heavy (non-hydrogen) atoms. The predicted molar refractivity (Wildman–Crippen MR) is 93.3 cm³/mol. The minimum absolute atomic E-state index is 0.0431. The molecule has 0 aromatic heterocycles. The molecule has 0 spiro atoms. The molecule has 0 fully saturated rings. The Balaban J connectivity index is 1.62. The van der Waals surface area contributed by atoms with Crippen molar-refractivity contribution in [1.82, 2.24) is 0 Å². The van der Waals surface area contributed by atoms with Crippen LogP contribution in [0.3, 0.4) is 0 Å². The highest BCUT2D eigenvalue weighted by atomic mass is 16.6. The number of benzene rings is 2. The van der Waals surface area contributed by atoms with Crippen molar-refractivity contribution in [3.63, 3.8) is 0 Å². The van der Waals surface area contributed by atoms with Crippen LogP contribution in [0.5, 0.6) is 0 Å². The van der Waals surface area contributed by atoms with Gasteiger partial charge in [-0.05, 0) is 50.6 Å². The highest BCUT2D eigenvalue weighted by molar-refractivity contribution is 6.19. The van der Waals surface area contributed by atoms with Crippen molar-refractivity contribution >= 4 is 23.4 Å². The maximum Gasteiger partial charge on any atom is 0.412 e. The van der Waals surface area contributed by atoms with Crippen LogP contribution < -0.4 is 10.2 Å². The van der Waals surface area contributed by atoms with Crippen molar-refractivity contribution in [3.05, 3.63) is 59.7 Å². The van der Waals surface area contributed by atoms with Crippen molar-refractivity contribution < 1.29 is 14.3 Å². The van der Waals surface area contributed by atoms with Gasteiger partial charge in [0.15, 0.2) is 0 Å². The fourth-order valence-electron chi connectivity index (χ4n) is 2.55. The van der Waals surface area contributed by atoms with Crippen LogP contribution in [0.1, 0.15) is 36.7 Å². The van der Waals surface area contributed by atoms with E-state index in [1.54, 1.807) is 17.0 Å². The number of para-hydroxylation sites is 1. The van der Waals surface area contributed by atoms with E-state index in [9.17, 15) is 9.59 Å². The lowest BCUT2D eigenvalue weighted by molar-refractivity contribution is 0.0635. The first-order valence-corrected chi connectivity index (χ1v) is 7.83. The Morgan fingerprint density at radius 2 is 1.75 bits per heavy atom. The molecule has 0 unspecified atom stereocenters. The van der Waals surface area contributed by atoms with Crippen LogP contribution in [0.2, 0.25) is 0 Å². The predicted octanol–water partition coefficient (Wildman–Crippen LogP) is 4.19. The summed E-state index contributed by atoms with van der Waals surface area (Å²) in [7, 11) is 0. The minimum atomic E-state index is -0.532. The zero-order chi connectivity index (χ0) is 17.3. The van der Waals surface area contributed by atoms with Crippen molar-refractivity contribution in [2.45, 2.75) is 32.9 Å². The summed E-state index contributed by atoms with van der Waals surface area (Å²) in [6.07, 6.45) is -0.484. The average molecular weight is 324 g/mol. The van der Waals surface area contributed by atoms with Gasteiger partial charge in [-0.1, -0.05) is 24.3 Å². The smallest absolute Gasteiger partial charge is 0.412 e. The number of rotatable bonds is 3. The molecule has 1 N–H and O–H groups in total. The van der Waals surface area contributed by atoms with Crippen molar-refractivity contribution in [2.75, 3.05) is 10.2 Å². The summed E-state index contributed by atoms with van der Waals surface area (Å²) >= 11 is 0. The molecule has 0 saturated heterocycles. The van der Waals surface area contributed by atoms with Crippen LogP contribution in [-0.2, 0) is 11.3 Å². The first-order chi connectivity index (χ1) is 11.3. The lowest BCUT2D eigenvalue weighted by atomic mass is 10.0. The molecule has 0 aliphatic carbocycles. The number of carbonyl (C=O) groups excluding carboxylic acids is 2. The lowest BCUT2D eigenvalue weighted by Crippen LogP contribution is -2.40. The van der Waals surface area contributed by atoms with E-state index in [-0.39, 0.29) is 5.91 Å². The average Bonchev–Trinajstić information content (AvgIpc) is 2.52. The molecule has 0 bridgehead atoms. The minimum Gasteiger partial charge on any atom is -0.444 e. The SMILES string of the molecule is CC(C)(C)OC(=O)Nc1ccc(CN2C(=O)c3ccccc32)cc1. The monoisotopic (exact) mass is 324 g/mol. The molecule has 5 nitrogen and oxygen atoms in total. The Kier molecular flexibility index (Phi) is 4.01. The summed E-state index contributed by atoms with van der Waals surface area (Å²) in [6.45, 7) is 5.97. The van der Waals surface area contributed by atoms with Crippen LogP contribution in [0.4, 0.5) is 16.2 Å². The van der Waals surface area contributed by atoms with Crippen molar-refractivity contribution in [3.8, 4) is 0 Å². The van der Waals surface area contributed by atoms with Gasteiger partial charge >= 0.3 is 6.09 Å². The summed E-state index contributed by atoms with van der Waals surface area (Å²) in [5, 5.41) is 2.69. The molecule has 5 heteroatoms. The van der Waals surface area contributed by atoms with E-state index in [4.69, 9.17) is 4.74 Å². The Bertz CT molecular complexity index is 776. The quantitative estimate of drug-likeness (QED) is 0.921. The molecule has 1 aliphatic heterocycles. The van der Waals surface area contributed by atoms with Crippen molar-refractivity contribution in [1.29, 1.82) is 0 Å². The molecule has 1 aliphatic rings. The molecule has 0 saturated carbocycles. The number of nitrogens with zero attached hydrogens (tertiary/aromatic N) is 1. The van der Waals surface area contributed by atoms with E-state index < -0.39 is 11.7 Å². The van der Waals surface area contributed by atoms with Gasteiger partial charge in [-0.3, -0.25) is 10.1 Å². The molecular formula is C19H20N2O3. The first kappa shape index (κ1) is 16.1. The third-order valence-electron chi connectivity index (χ3n) is 3.61. The summed E-state index contributed by atoms with van der Waals surface area (Å²) < 4.78 is 5.21. The van der Waals surface area contributed by atoms with Gasteiger partial charge in [-0.15, -0.1) is 0 Å². The number of ether oxygens (including phenoxy) is 1. The summed E-state index contributed by atoms with van der Waals surface area (Å²) in [6, 6.07) is 14.9. The Morgan fingerprint density at radius 3 is 2.42 bits per heavy atom. The maximum absolute atomic E-state index is 12.1. The molecule has 1 heterocycles. The van der Waals surface area contributed by atoms with Gasteiger partial charge in [0.05, 0.1) is 17.8 Å². The van der Waals surface area contributed by atoms with Gasteiger partial charge in [-0.25, -0.2) is 4.79 Å². The first-order valence-electron chi connectivity index (χ1n) is 7.83. The van der Waals surface area contributed by atoms with Crippen LogP contribution in [0.25, 0.3) is 0 Å². The highest BCUT2D eigenvalue weighted by Crippen LogP contribution is 2.33. The van der Waals surface area contributed by atoms with Crippen LogP contribution in [0.15, 0.2) is 48.5 Å². The molecule has 2 aromatic carbocycles. The summed E-state index contributed by atoms with van der Waals surface area (Å²) in [5.74, 6) is 0.0431. The van der Waals surface area contributed by atoms with Gasteiger partial charge in [0.1, 0.15) is 5.60 Å². The van der Waals surface area contributed by atoms with Crippen LogP contribution in [0, 0.1) is 0 Å². The third-order valence-corrected chi connectivity index (χ3v) is 3.61. The van der Waals surface area contributed by atoms with Gasteiger partial charge in [0.25, 0.3) is 5.91 Å². The number of hydrogen-bond acceptors (Lipinski definition) is 3. The van der Waals surface area contributed by atoms with E-state index in [2.05, 4.69) is 5.32 Å². The molecule has 3 rings (SSSR count). The topological polar surface area (TPSA) is 58.6 Å². The number of carbonyl (C=O) groups is 2.